The normalized spacial score (nSPS) is 12.5. The minimum atomic E-state index is -0.559. The first kappa shape index (κ1) is 15.0. The van der Waals surface area contributed by atoms with Gasteiger partial charge in [0.2, 0.25) is 0 Å². The fourth-order valence-corrected chi connectivity index (χ4v) is 3.11. The summed E-state index contributed by atoms with van der Waals surface area (Å²) in [5, 5.41) is 11.0. The van der Waals surface area contributed by atoms with Crippen LogP contribution < -0.4 is 0 Å². The molecule has 0 bridgehead atoms. The van der Waals surface area contributed by atoms with Gasteiger partial charge in [-0.2, -0.15) is 0 Å². The van der Waals surface area contributed by atoms with Gasteiger partial charge in [-0.25, -0.2) is 0 Å². The molecule has 1 N–H and O–H groups in total. The Labute approximate surface area is 134 Å². The van der Waals surface area contributed by atoms with Crippen LogP contribution in [0.2, 0.25) is 5.02 Å². The van der Waals surface area contributed by atoms with E-state index >= 15 is 0 Å². The van der Waals surface area contributed by atoms with Crippen molar-refractivity contribution >= 4 is 43.5 Å². The molecule has 1 unspecified atom stereocenters. The highest BCUT2D eigenvalue weighted by atomic mass is 79.9. The molecular formula is C15H13Br2ClO. The van der Waals surface area contributed by atoms with Crippen LogP contribution in [0.1, 0.15) is 22.8 Å². The second kappa shape index (κ2) is 6.40. The molecule has 0 saturated heterocycles. The largest absolute Gasteiger partial charge is 0.388 e. The summed E-state index contributed by atoms with van der Waals surface area (Å²) in [6.07, 6.45) is -0.0557. The highest BCUT2D eigenvalue weighted by Crippen LogP contribution is 2.29. The maximum atomic E-state index is 10.4. The van der Waals surface area contributed by atoms with Gasteiger partial charge < -0.3 is 5.11 Å². The lowest BCUT2D eigenvalue weighted by molar-refractivity contribution is 0.177. The Morgan fingerprint density at radius 1 is 1.11 bits per heavy atom. The van der Waals surface area contributed by atoms with E-state index in [4.69, 9.17) is 11.6 Å². The molecule has 0 saturated carbocycles. The zero-order chi connectivity index (χ0) is 14.0. The minimum Gasteiger partial charge on any atom is -0.388 e. The van der Waals surface area contributed by atoms with E-state index < -0.39 is 6.10 Å². The van der Waals surface area contributed by atoms with E-state index in [2.05, 4.69) is 31.9 Å². The molecule has 2 aromatic carbocycles. The number of halogens is 3. The Kier molecular flexibility index (Phi) is 5.07. The number of aryl methyl sites for hydroxylation is 1. The van der Waals surface area contributed by atoms with Crippen LogP contribution in [-0.2, 0) is 6.42 Å². The van der Waals surface area contributed by atoms with Gasteiger partial charge in [-0.3, -0.25) is 0 Å². The molecule has 0 aliphatic carbocycles. The third-order valence-electron chi connectivity index (χ3n) is 3.03. The SMILES string of the molecule is Cc1ccc(Br)cc1C(O)Cc1ccc(Br)cc1Cl. The molecule has 0 fully saturated rings. The highest BCUT2D eigenvalue weighted by molar-refractivity contribution is 9.10. The van der Waals surface area contributed by atoms with E-state index in [0.717, 1.165) is 25.6 Å². The lowest BCUT2D eigenvalue weighted by Gasteiger charge is -2.15. The molecule has 0 amide bonds. The molecule has 0 spiro atoms. The monoisotopic (exact) mass is 402 g/mol. The molecule has 4 heteroatoms. The predicted octanol–water partition coefficient (Wildman–Crippen LogP) is 5.45. The van der Waals surface area contributed by atoms with E-state index in [1.54, 1.807) is 0 Å². The van der Waals surface area contributed by atoms with Crippen molar-refractivity contribution < 1.29 is 5.11 Å². The summed E-state index contributed by atoms with van der Waals surface area (Å²) in [6, 6.07) is 11.6. The molecule has 0 heterocycles. The number of hydrogen-bond acceptors (Lipinski definition) is 1. The van der Waals surface area contributed by atoms with Crippen LogP contribution in [0.15, 0.2) is 45.3 Å². The summed E-state index contributed by atoms with van der Waals surface area (Å²) in [7, 11) is 0. The smallest absolute Gasteiger partial charge is 0.0833 e. The molecule has 19 heavy (non-hydrogen) atoms. The molecule has 1 atom stereocenters. The number of aliphatic hydroxyl groups is 1. The lowest BCUT2D eigenvalue weighted by atomic mass is 9.98. The van der Waals surface area contributed by atoms with Gasteiger partial charge in [0.1, 0.15) is 0 Å². The third-order valence-corrected chi connectivity index (χ3v) is 4.37. The maximum Gasteiger partial charge on any atom is 0.0833 e. The van der Waals surface area contributed by atoms with Crippen LogP contribution in [0.3, 0.4) is 0 Å². The van der Waals surface area contributed by atoms with Gasteiger partial charge in [0, 0.05) is 20.4 Å². The predicted molar refractivity (Wildman–Crippen MR) is 86.7 cm³/mol. The van der Waals surface area contributed by atoms with E-state index in [-0.39, 0.29) is 0 Å². The Bertz CT molecular complexity index is 599. The van der Waals surface area contributed by atoms with Gasteiger partial charge in [0.25, 0.3) is 0 Å². The molecule has 0 radical (unpaired) electrons. The fourth-order valence-electron chi connectivity index (χ4n) is 1.98. The van der Waals surface area contributed by atoms with Crippen LogP contribution >= 0.6 is 43.5 Å². The Morgan fingerprint density at radius 3 is 2.42 bits per heavy atom. The van der Waals surface area contributed by atoms with Crippen molar-refractivity contribution in [3.05, 3.63) is 67.1 Å². The van der Waals surface area contributed by atoms with Crippen LogP contribution in [0.4, 0.5) is 0 Å². The van der Waals surface area contributed by atoms with Crippen molar-refractivity contribution in [1.29, 1.82) is 0 Å². The molecular weight excluding hydrogens is 391 g/mol. The van der Waals surface area contributed by atoms with Gasteiger partial charge in [0.15, 0.2) is 0 Å². The summed E-state index contributed by atoms with van der Waals surface area (Å²) in [6.45, 7) is 1.99. The average molecular weight is 405 g/mol. The lowest BCUT2D eigenvalue weighted by Crippen LogP contribution is -2.04. The average Bonchev–Trinajstić information content (AvgIpc) is 2.35. The first-order valence-corrected chi connectivity index (χ1v) is 7.82. The summed E-state index contributed by atoms with van der Waals surface area (Å²) < 4.78 is 1.91. The van der Waals surface area contributed by atoms with Crippen molar-refractivity contribution in [2.45, 2.75) is 19.4 Å². The highest BCUT2D eigenvalue weighted by Gasteiger charge is 2.13. The minimum absolute atomic E-state index is 0.503. The van der Waals surface area contributed by atoms with Gasteiger partial charge in [0.05, 0.1) is 6.10 Å². The molecule has 100 valence electrons. The topological polar surface area (TPSA) is 20.2 Å². The van der Waals surface area contributed by atoms with E-state index in [1.807, 2.05) is 43.3 Å². The van der Waals surface area contributed by atoms with E-state index in [1.165, 1.54) is 0 Å². The van der Waals surface area contributed by atoms with Crippen molar-refractivity contribution in [3.8, 4) is 0 Å². The Hall–Kier alpha value is -0.350. The maximum absolute atomic E-state index is 10.4. The number of benzene rings is 2. The quantitative estimate of drug-likeness (QED) is 0.721. The van der Waals surface area contributed by atoms with Crippen LogP contribution in [0, 0.1) is 6.92 Å². The van der Waals surface area contributed by atoms with Crippen LogP contribution in [0.5, 0.6) is 0 Å². The van der Waals surface area contributed by atoms with Gasteiger partial charge in [-0.05, 0) is 47.9 Å². The molecule has 0 aliphatic heterocycles. The van der Waals surface area contributed by atoms with E-state index in [9.17, 15) is 5.11 Å². The summed E-state index contributed by atoms with van der Waals surface area (Å²) in [5.74, 6) is 0. The second-order valence-corrected chi connectivity index (χ2v) is 6.70. The second-order valence-electron chi connectivity index (χ2n) is 4.46. The van der Waals surface area contributed by atoms with Gasteiger partial charge >= 0.3 is 0 Å². The van der Waals surface area contributed by atoms with Gasteiger partial charge in [-0.15, -0.1) is 0 Å². The van der Waals surface area contributed by atoms with Crippen molar-refractivity contribution in [2.75, 3.05) is 0 Å². The van der Waals surface area contributed by atoms with Crippen LogP contribution in [-0.4, -0.2) is 5.11 Å². The van der Waals surface area contributed by atoms with Crippen LogP contribution in [0.25, 0.3) is 0 Å². The van der Waals surface area contributed by atoms with E-state index in [0.29, 0.717) is 11.4 Å². The Morgan fingerprint density at radius 2 is 1.74 bits per heavy atom. The standard InChI is InChI=1S/C15H13Br2ClO/c1-9-2-4-11(16)7-13(9)15(19)6-10-3-5-12(17)8-14(10)18/h2-5,7-8,15,19H,6H2,1H3. The first-order valence-electron chi connectivity index (χ1n) is 5.85. The number of rotatable bonds is 3. The number of aliphatic hydroxyl groups excluding tert-OH is 1. The van der Waals surface area contributed by atoms with Gasteiger partial charge in [-0.1, -0.05) is 55.6 Å². The molecule has 0 aliphatic rings. The molecule has 1 nitrogen and oxygen atoms in total. The Balaban J connectivity index is 2.25. The number of hydrogen-bond donors (Lipinski definition) is 1. The zero-order valence-corrected chi connectivity index (χ0v) is 14.3. The molecule has 2 aromatic rings. The van der Waals surface area contributed by atoms with Crippen molar-refractivity contribution in [2.24, 2.45) is 0 Å². The van der Waals surface area contributed by atoms with Crippen molar-refractivity contribution in [1.82, 2.24) is 0 Å². The van der Waals surface area contributed by atoms with Crippen molar-refractivity contribution in [3.63, 3.8) is 0 Å². The summed E-state index contributed by atoms with van der Waals surface area (Å²) >= 11 is 13.0. The fraction of sp³-hybridized carbons (Fsp3) is 0.200. The molecule has 0 aromatic heterocycles. The molecule has 2 rings (SSSR count). The first-order chi connectivity index (χ1) is 8.97. The zero-order valence-electron chi connectivity index (χ0n) is 10.3. The summed E-state index contributed by atoms with van der Waals surface area (Å²) in [5.41, 5.74) is 2.94. The third kappa shape index (κ3) is 3.82. The summed E-state index contributed by atoms with van der Waals surface area (Å²) in [4.78, 5) is 0.